The van der Waals surface area contributed by atoms with E-state index in [-0.39, 0.29) is 41.0 Å². The Labute approximate surface area is 148 Å². The van der Waals surface area contributed by atoms with Gasteiger partial charge in [0.15, 0.2) is 0 Å². The average molecular weight is 345 g/mol. The molecule has 1 saturated carbocycles. The second-order valence-corrected chi connectivity index (χ2v) is 9.79. The lowest BCUT2D eigenvalue weighted by molar-refractivity contribution is -0.189. The quantitative estimate of drug-likeness (QED) is 0.658. The molecule has 3 spiro atoms. The molecule has 5 aliphatic heterocycles. The van der Waals surface area contributed by atoms with Gasteiger partial charge in [0.1, 0.15) is 5.54 Å². The number of imide groups is 1. The summed E-state index contributed by atoms with van der Waals surface area (Å²) in [5, 5.41) is 2.56. The summed E-state index contributed by atoms with van der Waals surface area (Å²) < 4.78 is 0. The van der Waals surface area contributed by atoms with Crippen molar-refractivity contribution >= 4 is 17.7 Å². The van der Waals surface area contributed by atoms with Gasteiger partial charge in [0, 0.05) is 20.0 Å². The third-order valence-electron chi connectivity index (χ3n) is 9.05. The lowest BCUT2D eigenvalue weighted by atomic mass is 9.57. The number of nitrogens with one attached hydrogen (secondary N) is 1. The summed E-state index contributed by atoms with van der Waals surface area (Å²) in [5.41, 5.74) is -1.71. The van der Waals surface area contributed by atoms with Crippen molar-refractivity contribution in [3.63, 3.8) is 0 Å². The van der Waals surface area contributed by atoms with Crippen LogP contribution in [0.15, 0.2) is 0 Å². The molecule has 2 bridgehead atoms. The number of fused-ring (bicyclic) bond motifs is 1. The summed E-state index contributed by atoms with van der Waals surface area (Å²) in [4.78, 5) is 42.8. The van der Waals surface area contributed by atoms with Gasteiger partial charge in [0.25, 0.3) is 0 Å². The first-order valence-electron chi connectivity index (χ1n) is 9.49. The van der Waals surface area contributed by atoms with Gasteiger partial charge in [-0.15, -0.1) is 0 Å². The minimum absolute atomic E-state index is 0.124. The minimum Gasteiger partial charge on any atom is -0.337 e. The van der Waals surface area contributed by atoms with E-state index in [1.807, 2.05) is 11.9 Å². The van der Waals surface area contributed by atoms with E-state index < -0.39 is 11.0 Å². The highest BCUT2D eigenvalue weighted by Crippen LogP contribution is 2.71. The summed E-state index contributed by atoms with van der Waals surface area (Å²) in [6.45, 7) is 8.33. The number of carbonyl (C=O) groups is 3. The van der Waals surface area contributed by atoms with Crippen LogP contribution in [0.1, 0.15) is 46.5 Å². The topological polar surface area (TPSA) is 69.7 Å². The first-order chi connectivity index (χ1) is 11.6. The van der Waals surface area contributed by atoms with E-state index in [0.29, 0.717) is 12.3 Å². The van der Waals surface area contributed by atoms with E-state index in [1.165, 1.54) is 0 Å². The fourth-order valence-electron chi connectivity index (χ4n) is 7.47. The Kier molecular flexibility index (Phi) is 2.59. The molecule has 1 aliphatic carbocycles. The summed E-state index contributed by atoms with van der Waals surface area (Å²) >= 11 is 0. The number of piperidine rings is 2. The van der Waals surface area contributed by atoms with Crippen LogP contribution in [0.3, 0.4) is 0 Å². The van der Waals surface area contributed by atoms with E-state index in [4.69, 9.17) is 0 Å². The summed E-state index contributed by atoms with van der Waals surface area (Å²) in [6.07, 6.45) is 2.76. The SMILES string of the molecule is CC1CCN2CC34CC5(CC(=O)NC5=O)C(C)(C)C3CC12C(=O)N4C. The van der Waals surface area contributed by atoms with Crippen molar-refractivity contribution in [3.8, 4) is 0 Å². The molecule has 0 radical (unpaired) electrons. The highest BCUT2D eigenvalue weighted by molar-refractivity contribution is 6.07. The number of nitrogens with zero attached hydrogens (tertiary/aromatic N) is 2. The summed E-state index contributed by atoms with van der Waals surface area (Å²) in [5.74, 6) is 0.533. The van der Waals surface area contributed by atoms with Crippen molar-refractivity contribution in [3.05, 3.63) is 0 Å². The zero-order chi connectivity index (χ0) is 18.0. The Hall–Kier alpha value is -1.43. The molecule has 0 aromatic carbocycles. The molecular weight excluding hydrogens is 318 g/mol. The molecule has 5 saturated heterocycles. The van der Waals surface area contributed by atoms with Gasteiger partial charge >= 0.3 is 0 Å². The first kappa shape index (κ1) is 15.8. The van der Waals surface area contributed by atoms with Crippen molar-refractivity contribution in [1.29, 1.82) is 0 Å². The number of likely N-dealkylation sites (N-methyl/N-ethyl adjacent to an activating group) is 1. The minimum atomic E-state index is -0.683. The number of rotatable bonds is 0. The van der Waals surface area contributed by atoms with Crippen molar-refractivity contribution in [2.45, 2.75) is 57.5 Å². The zero-order valence-electron chi connectivity index (χ0n) is 15.5. The Morgan fingerprint density at radius 3 is 2.56 bits per heavy atom. The Morgan fingerprint density at radius 2 is 1.92 bits per heavy atom. The normalized spacial score (nSPS) is 50.6. The maximum absolute atomic E-state index is 13.4. The molecule has 6 fully saturated rings. The van der Waals surface area contributed by atoms with Crippen LogP contribution in [0.5, 0.6) is 0 Å². The van der Waals surface area contributed by atoms with Crippen LogP contribution < -0.4 is 5.32 Å². The van der Waals surface area contributed by atoms with E-state index in [1.54, 1.807) is 0 Å². The zero-order valence-corrected chi connectivity index (χ0v) is 15.5. The molecule has 3 amide bonds. The number of carbonyl (C=O) groups excluding carboxylic acids is 3. The van der Waals surface area contributed by atoms with Crippen LogP contribution in [-0.2, 0) is 14.4 Å². The van der Waals surface area contributed by atoms with E-state index in [0.717, 1.165) is 25.9 Å². The molecule has 5 atom stereocenters. The molecule has 25 heavy (non-hydrogen) atoms. The van der Waals surface area contributed by atoms with Crippen molar-refractivity contribution in [2.75, 3.05) is 20.1 Å². The van der Waals surface area contributed by atoms with Gasteiger partial charge < -0.3 is 4.90 Å². The first-order valence-corrected chi connectivity index (χ1v) is 9.49. The molecule has 0 aromatic rings. The largest absolute Gasteiger partial charge is 0.337 e. The van der Waals surface area contributed by atoms with E-state index >= 15 is 0 Å². The standard InChI is InChI=1S/C19H27N3O3/c1-11-5-6-22-10-18-9-17(8-13(23)20-14(17)24)16(2,3)12(18)7-19(11,22)15(25)21(18)4/h11-12H,5-10H2,1-4H3,(H,20,23,24). The van der Waals surface area contributed by atoms with Gasteiger partial charge in [-0.1, -0.05) is 20.8 Å². The van der Waals surface area contributed by atoms with Crippen molar-refractivity contribution < 1.29 is 14.4 Å². The Balaban J connectivity index is 1.70. The number of piperazine rings is 1. The highest BCUT2D eigenvalue weighted by Gasteiger charge is 2.79. The van der Waals surface area contributed by atoms with E-state index in [2.05, 4.69) is 31.0 Å². The van der Waals surface area contributed by atoms with Crippen LogP contribution in [0.4, 0.5) is 0 Å². The predicted octanol–water partition coefficient (Wildman–Crippen LogP) is 0.761. The van der Waals surface area contributed by atoms with Crippen LogP contribution in [0, 0.1) is 22.7 Å². The Bertz CT molecular complexity index is 733. The molecule has 6 heteroatoms. The third-order valence-corrected chi connectivity index (χ3v) is 9.05. The van der Waals surface area contributed by atoms with Crippen LogP contribution in [-0.4, -0.2) is 58.7 Å². The second-order valence-electron chi connectivity index (χ2n) is 9.79. The third kappa shape index (κ3) is 1.37. The maximum atomic E-state index is 13.4. The van der Waals surface area contributed by atoms with Gasteiger partial charge in [-0.05, 0) is 43.1 Å². The smallest absolute Gasteiger partial charge is 0.243 e. The number of hydrogen-bond donors (Lipinski definition) is 1. The molecule has 5 heterocycles. The fraction of sp³-hybridized carbons (Fsp3) is 0.842. The molecule has 5 unspecified atom stereocenters. The molecular formula is C19H27N3O3. The number of amides is 3. The second kappa shape index (κ2) is 4.11. The highest BCUT2D eigenvalue weighted by atomic mass is 16.2. The average Bonchev–Trinajstić information content (AvgIpc) is 3.08. The molecule has 1 N–H and O–H groups in total. The van der Waals surface area contributed by atoms with Crippen LogP contribution in [0.2, 0.25) is 0 Å². The van der Waals surface area contributed by atoms with Crippen molar-refractivity contribution in [1.82, 2.24) is 15.1 Å². The van der Waals surface area contributed by atoms with E-state index in [9.17, 15) is 14.4 Å². The van der Waals surface area contributed by atoms with Crippen molar-refractivity contribution in [2.24, 2.45) is 22.7 Å². The summed E-state index contributed by atoms with van der Waals surface area (Å²) in [7, 11) is 1.93. The monoisotopic (exact) mass is 345 g/mol. The fourth-order valence-corrected chi connectivity index (χ4v) is 7.47. The van der Waals surface area contributed by atoms with Crippen LogP contribution in [0.25, 0.3) is 0 Å². The lowest BCUT2D eigenvalue weighted by Crippen LogP contribution is -2.79. The molecule has 6 aliphatic rings. The van der Waals surface area contributed by atoms with Gasteiger partial charge in [0.05, 0.1) is 11.0 Å². The molecule has 6 nitrogen and oxygen atoms in total. The maximum Gasteiger partial charge on any atom is 0.243 e. The van der Waals surface area contributed by atoms with Crippen LogP contribution >= 0.6 is 0 Å². The molecule has 6 rings (SSSR count). The number of hydrogen-bond acceptors (Lipinski definition) is 4. The summed E-state index contributed by atoms with van der Waals surface area (Å²) in [6, 6.07) is 0. The van der Waals surface area contributed by atoms with Gasteiger partial charge in [-0.3, -0.25) is 24.6 Å². The van der Waals surface area contributed by atoms with Gasteiger partial charge in [-0.2, -0.15) is 0 Å². The molecule has 0 aromatic heterocycles. The lowest BCUT2D eigenvalue weighted by Gasteiger charge is -2.65. The van der Waals surface area contributed by atoms with Gasteiger partial charge in [-0.25, -0.2) is 0 Å². The van der Waals surface area contributed by atoms with Gasteiger partial charge in [0.2, 0.25) is 17.7 Å². The Morgan fingerprint density at radius 1 is 1.20 bits per heavy atom. The molecule has 136 valence electrons. The predicted molar refractivity (Wildman–Crippen MR) is 90.3 cm³/mol.